The van der Waals surface area contributed by atoms with Gasteiger partial charge in [0.15, 0.2) is 5.13 Å². The van der Waals surface area contributed by atoms with E-state index in [0.717, 1.165) is 25.4 Å². The molecule has 20 heavy (non-hydrogen) atoms. The lowest BCUT2D eigenvalue weighted by Crippen LogP contribution is -2.06. The third-order valence-corrected chi connectivity index (χ3v) is 4.52. The summed E-state index contributed by atoms with van der Waals surface area (Å²) in [7, 11) is 0. The number of thiazole rings is 1. The van der Waals surface area contributed by atoms with Crippen LogP contribution in [0.1, 0.15) is 18.5 Å². The largest absolute Gasteiger partial charge is 0.355 e. The van der Waals surface area contributed by atoms with Crippen molar-refractivity contribution < 1.29 is 4.39 Å². The predicted molar refractivity (Wildman–Crippen MR) is 85.8 cm³/mol. The number of rotatable bonds is 3. The van der Waals surface area contributed by atoms with E-state index in [2.05, 4.69) is 26.2 Å². The quantitative estimate of drug-likeness (QED) is 0.686. The molecule has 0 aliphatic heterocycles. The fourth-order valence-electron chi connectivity index (χ4n) is 1.98. The second kappa shape index (κ2) is 5.50. The SMILES string of the molecule is CC(Nc1nc2cc(Br)ccc2s1)c1ccc(F)cc1. The molecule has 0 fully saturated rings. The van der Waals surface area contributed by atoms with Crippen molar-refractivity contribution in [1.82, 2.24) is 4.98 Å². The highest BCUT2D eigenvalue weighted by molar-refractivity contribution is 9.10. The van der Waals surface area contributed by atoms with Crippen LogP contribution in [0.4, 0.5) is 9.52 Å². The highest BCUT2D eigenvalue weighted by Gasteiger charge is 2.09. The molecule has 0 saturated heterocycles. The van der Waals surface area contributed by atoms with Gasteiger partial charge >= 0.3 is 0 Å². The van der Waals surface area contributed by atoms with Crippen molar-refractivity contribution in [2.75, 3.05) is 5.32 Å². The van der Waals surface area contributed by atoms with Gasteiger partial charge in [0.05, 0.1) is 16.3 Å². The summed E-state index contributed by atoms with van der Waals surface area (Å²) in [6, 6.07) is 12.7. The first-order valence-corrected chi connectivity index (χ1v) is 7.81. The molecule has 0 radical (unpaired) electrons. The van der Waals surface area contributed by atoms with Gasteiger partial charge in [-0.1, -0.05) is 39.4 Å². The molecule has 5 heteroatoms. The van der Waals surface area contributed by atoms with Gasteiger partial charge in [-0.15, -0.1) is 0 Å². The molecule has 0 bridgehead atoms. The maximum absolute atomic E-state index is 12.9. The summed E-state index contributed by atoms with van der Waals surface area (Å²) in [6.07, 6.45) is 0. The molecule has 0 saturated carbocycles. The van der Waals surface area contributed by atoms with E-state index in [9.17, 15) is 4.39 Å². The predicted octanol–water partition coefficient (Wildman–Crippen LogP) is 5.37. The van der Waals surface area contributed by atoms with Crippen LogP contribution >= 0.6 is 27.3 Å². The van der Waals surface area contributed by atoms with Crippen LogP contribution in [-0.2, 0) is 0 Å². The van der Waals surface area contributed by atoms with Crippen molar-refractivity contribution >= 4 is 42.6 Å². The first kappa shape index (κ1) is 13.5. The van der Waals surface area contributed by atoms with Crippen LogP contribution in [0.2, 0.25) is 0 Å². The number of nitrogens with one attached hydrogen (secondary N) is 1. The van der Waals surface area contributed by atoms with Crippen molar-refractivity contribution in [2.24, 2.45) is 0 Å². The molecule has 1 atom stereocenters. The average Bonchev–Trinajstić information content (AvgIpc) is 2.80. The topological polar surface area (TPSA) is 24.9 Å². The van der Waals surface area contributed by atoms with Crippen LogP contribution in [0, 0.1) is 5.82 Å². The Morgan fingerprint density at radius 3 is 2.70 bits per heavy atom. The minimum Gasteiger partial charge on any atom is -0.355 e. The molecule has 0 aliphatic rings. The molecule has 3 aromatic rings. The second-order valence-electron chi connectivity index (χ2n) is 4.55. The maximum Gasteiger partial charge on any atom is 0.184 e. The summed E-state index contributed by atoms with van der Waals surface area (Å²) < 4.78 is 15.1. The zero-order valence-corrected chi connectivity index (χ0v) is 13.1. The van der Waals surface area contributed by atoms with Crippen molar-refractivity contribution in [3.8, 4) is 0 Å². The van der Waals surface area contributed by atoms with Gasteiger partial charge in [0, 0.05) is 4.47 Å². The van der Waals surface area contributed by atoms with Crippen LogP contribution in [0.25, 0.3) is 10.2 Å². The number of hydrogen-bond donors (Lipinski definition) is 1. The lowest BCUT2D eigenvalue weighted by Gasteiger charge is -2.12. The standard InChI is InChI=1S/C15H12BrFN2S/c1-9(10-2-5-12(17)6-3-10)18-15-19-13-8-11(16)4-7-14(13)20-15/h2-9H,1H3,(H,18,19). The Hall–Kier alpha value is -1.46. The summed E-state index contributed by atoms with van der Waals surface area (Å²) in [5.41, 5.74) is 2.00. The number of anilines is 1. The van der Waals surface area contributed by atoms with Gasteiger partial charge in [-0.25, -0.2) is 9.37 Å². The minimum absolute atomic E-state index is 0.0830. The highest BCUT2D eigenvalue weighted by Crippen LogP contribution is 2.30. The number of benzene rings is 2. The first-order chi connectivity index (χ1) is 9.61. The van der Waals surface area contributed by atoms with E-state index in [4.69, 9.17) is 0 Å². The van der Waals surface area contributed by atoms with Crippen molar-refractivity contribution in [1.29, 1.82) is 0 Å². The smallest absolute Gasteiger partial charge is 0.184 e. The van der Waals surface area contributed by atoms with Crippen LogP contribution in [-0.4, -0.2) is 4.98 Å². The summed E-state index contributed by atoms with van der Waals surface area (Å²) >= 11 is 5.06. The molecule has 2 aromatic carbocycles. The van der Waals surface area contributed by atoms with E-state index in [1.165, 1.54) is 12.1 Å². The van der Waals surface area contributed by atoms with Gasteiger partial charge in [0.2, 0.25) is 0 Å². The molecule has 1 heterocycles. The Labute approximate surface area is 128 Å². The molecular weight excluding hydrogens is 339 g/mol. The van der Waals surface area contributed by atoms with Crippen LogP contribution in [0.15, 0.2) is 46.9 Å². The van der Waals surface area contributed by atoms with Gasteiger partial charge in [0.1, 0.15) is 5.82 Å². The molecule has 102 valence electrons. The Balaban J connectivity index is 1.83. The Morgan fingerprint density at radius 2 is 1.95 bits per heavy atom. The number of hydrogen-bond acceptors (Lipinski definition) is 3. The molecule has 1 N–H and O–H groups in total. The van der Waals surface area contributed by atoms with E-state index in [1.807, 2.05) is 25.1 Å². The zero-order chi connectivity index (χ0) is 14.1. The van der Waals surface area contributed by atoms with Gasteiger partial charge in [0.25, 0.3) is 0 Å². The fraction of sp³-hybridized carbons (Fsp3) is 0.133. The van der Waals surface area contributed by atoms with E-state index < -0.39 is 0 Å². The summed E-state index contributed by atoms with van der Waals surface area (Å²) in [5, 5.41) is 4.23. The van der Waals surface area contributed by atoms with Crippen LogP contribution in [0.5, 0.6) is 0 Å². The van der Waals surface area contributed by atoms with Crippen LogP contribution < -0.4 is 5.32 Å². The molecular formula is C15H12BrFN2S. The molecule has 1 unspecified atom stereocenters. The normalized spacial score (nSPS) is 12.6. The van der Waals surface area contributed by atoms with Gasteiger partial charge < -0.3 is 5.32 Å². The van der Waals surface area contributed by atoms with E-state index in [1.54, 1.807) is 23.5 Å². The Kier molecular flexibility index (Phi) is 3.72. The molecule has 2 nitrogen and oxygen atoms in total. The van der Waals surface area contributed by atoms with Gasteiger partial charge in [-0.2, -0.15) is 0 Å². The molecule has 1 aromatic heterocycles. The van der Waals surface area contributed by atoms with E-state index >= 15 is 0 Å². The van der Waals surface area contributed by atoms with Gasteiger partial charge in [-0.3, -0.25) is 0 Å². The van der Waals surface area contributed by atoms with Crippen molar-refractivity contribution in [3.63, 3.8) is 0 Å². The average molecular weight is 351 g/mol. The number of fused-ring (bicyclic) bond motifs is 1. The molecule has 0 aliphatic carbocycles. The Bertz CT molecular complexity index is 739. The fourth-order valence-corrected chi connectivity index (χ4v) is 3.26. The lowest BCUT2D eigenvalue weighted by atomic mass is 10.1. The maximum atomic E-state index is 12.9. The number of nitrogens with zero attached hydrogens (tertiary/aromatic N) is 1. The van der Waals surface area contributed by atoms with Crippen molar-refractivity contribution in [3.05, 3.63) is 58.3 Å². The third-order valence-electron chi connectivity index (χ3n) is 3.06. The summed E-state index contributed by atoms with van der Waals surface area (Å²) in [4.78, 5) is 4.56. The van der Waals surface area contributed by atoms with Gasteiger partial charge in [-0.05, 0) is 42.8 Å². The summed E-state index contributed by atoms with van der Waals surface area (Å²) in [5.74, 6) is -0.217. The lowest BCUT2D eigenvalue weighted by molar-refractivity contribution is 0.626. The minimum atomic E-state index is -0.217. The first-order valence-electron chi connectivity index (χ1n) is 6.20. The van der Waals surface area contributed by atoms with Crippen molar-refractivity contribution in [2.45, 2.75) is 13.0 Å². The molecule has 0 amide bonds. The van der Waals surface area contributed by atoms with Crippen LogP contribution in [0.3, 0.4) is 0 Å². The highest BCUT2D eigenvalue weighted by atomic mass is 79.9. The third kappa shape index (κ3) is 2.83. The Morgan fingerprint density at radius 1 is 1.20 bits per heavy atom. The van der Waals surface area contributed by atoms with E-state index in [-0.39, 0.29) is 11.9 Å². The monoisotopic (exact) mass is 350 g/mol. The zero-order valence-electron chi connectivity index (χ0n) is 10.7. The molecule has 3 rings (SSSR count). The number of halogens is 2. The summed E-state index contributed by atoms with van der Waals surface area (Å²) in [6.45, 7) is 2.04. The number of aromatic nitrogens is 1. The second-order valence-corrected chi connectivity index (χ2v) is 6.49. The van der Waals surface area contributed by atoms with E-state index in [0.29, 0.717) is 0 Å². The molecule has 0 spiro atoms.